The predicted molar refractivity (Wildman–Crippen MR) is 173 cm³/mol. The molecule has 2 heterocycles. The first-order valence-corrected chi connectivity index (χ1v) is 16.8. The number of ether oxygens (including phenoxy) is 3. The summed E-state index contributed by atoms with van der Waals surface area (Å²) in [4.78, 5) is 28.1. The average Bonchev–Trinajstić information content (AvgIpc) is 3.03. The van der Waals surface area contributed by atoms with Gasteiger partial charge in [-0.05, 0) is 65.0 Å². The number of carbonyl (C=O) groups excluding carboxylic acids is 2. The maximum absolute atomic E-state index is 13.3. The maximum Gasteiger partial charge on any atom is 0.311 e. The fourth-order valence-electron chi connectivity index (χ4n) is 7.40. The fourth-order valence-corrected chi connectivity index (χ4v) is 7.40. The number of rotatable bonds is 5. The van der Waals surface area contributed by atoms with Gasteiger partial charge in [-0.1, -0.05) is 45.9 Å². The van der Waals surface area contributed by atoms with Crippen molar-refractivity contribution in [3.63, 3.8) is 0 Å². The zero-order valence-corrected chi connectivity index (χ0v) is 29.2. The highest BCUT2D eigenvalue weighted by molar-refractivity contribution is 5.94. The van der Waals surface area contributed by atoms with Crippen molar-refractivity contribution in [1.82, 2.24) is 4.90 Å². The van der Waals surface area contributed by atoms with E-state index in [9.17, 15) is 40.2 Å². The van der Waals surface area contributed by atoms with E-state index in [-0.39, 0.29) is 18.7 Å². The number of benzene rings is 1. The van der Waals surface area contributed by atoms with Gasteiger partial charge >= 0.3 is 5.97 Å². The average molecular weight is 668 g/mol. The van der Waals surface area contributed by atoms with Crippen molar-refractivity contribution in [3.8, 4) is 0 Å². The van der Waals surface area contributed by atoms with Crippen LogP contribution in [0.15, 0.2) is 30.3 Å². The first-order valence-electron chi connectivity index (χ1n) is 16.8. The van der Waals surface area contributed by atoms with Crippen molar-refractivity contribution < 1.29 is 54.4 Å². The molecule has 1 amide bonds. The molecule has 1 aromatic carbocycles. The van der Waals surface area contributed by atoms with Gasteiger partial charge in [0.2, 0.25) is 0 Å². The van der Waals surface area contributed by atoms with Gasteiger partial charge in [0.15, 0.2) is 6.29 Å². The van der Waals surface area contributed by atoms with Gasteiger partial charge in [-0.25, -0.2) is 0 Å². The molecule has 0 saturated carbocycles. The number of hydrogen-bond donors (Lipinski definition) is 6. The summed E-state index contributed by atoms with van der Waals surface area (Å²) in [6.07, 6.45) is -9.28. The molecule has 12 nitrogen and oxygen atoms in total. The van der Waals surface area contributed by atoms with Crippen LogP contribution in [0.5, 0.6) is 0 Å². The summed E-state index contributed by atoms with van der Waals surface area (Å²) in [6.45, 7) is 12.6. The molecule has 0 bridgehead atoms. The number of aliphatic hydroxyl groups is 6. The standard InChI is InChI=1S/C35H57NO11/c1-10-25-35(8,44)29(40)20(4)26(37)18(2)17-34(7,43)30(21(5)27(38)22(6)32(42)46-25)47-33-28(39)24(16-19(3)45-33)36(9)31(41)23-14-12-11-13-15-23/h11-15,18-22,24-30,33,37-40,43-44H,10,16-17H2,1-9H3/t18-,19-,20+,21+,22-,24+,25-,26+,27+,28-,29-,30-,33+,34?,35-/m1/s1. The number of likely N-dealkylation sites (N-methyl/N-ethyl adjacent to an activating group) is 1. The molecule has 3 rings (SSSR count). The molecule has 47 heavy (non-hydrogen) atoms. The third-order valence-electron chi connectivity index (χ3n) is 10.5. The van der Waals surface area contributed by atoms with E-state index >= 15 is 0 Å². The first-order chi connectivity index (χ1) is 21.8. The normalized spacial score (nSPS) is 44.2. The van der Waals surface area contributed by atoms with Crippen LogP contribution < -0.4 is 0 Å². The summed E-state index contributed by atoms with van der Waals surface area (Å²) in [5.41, 5.74) is -3.25. The van der Waals surface area contributed by atoms with Crippen LogP contribution in [0.1, 0.15) is 85.0 Å². The second kappa shape index (κ2) is 15.6. The second-order valence-corrected chi connectivity index (χ2v) is 14.5. The molecule has 1 aromatic rings. The van der Waals surface area contributed by atoms with Crippen molar-refractivity contribution in [3.05, 3.63) is 35.9 Å². The van der Waals surface area contributed by atoms with E-state index in [1.807, 2.05) is 0 Å². The quantitative estimate of drug-likeness (QED) is 0.252. The second-order valence-electron chi connectivity index (χ2n) is 14.5. The van der Waals surface area contributed by atoms with E-state index in [0.29, 0.717) is 12.0 Å². The van der Waals surface area contributed by atoms with Crippen LogP contribution in [-0.4, -0.2) is 121 Å². The van der Waals surface area contributed by atoms with Crippen molar-refractivity contribution in [2.24, 2.45) is 23.7 Å². The molecule has 2 fully saturated rings. The molecule has 0 aromatic heterocycles. The predicted octanol–water partition coefficient (Wildman–Crippen LogP) is 1.86. The number of amides is 1. The minimum atomic E-state index is -1.92. The highest BCUT2D eigenvalue weighted by Gasteiger charge is 2.51. The monoisotopic (exact) mass is 667 g/mol. The summed E-state index contributed by atoms with van der Waals surface area (Å²) in [5, 5.41) is 68.9. The van der Waals surface area contributed by atoms with Gasteiger partial charge in [-0.15, -0.1) is 0 Å². The first kappa shape index (κ1) is 39.3. The van der Waals surface area contributed by atoms with Crippen LogP contribution in [0, 0.1) is 23.7 Å². The molecule has 0 aliphatic carbocycles. The summed E-state index contributed by atoms with van der Waals surface area (Å²) in [5.74, 6) is -4.76. The minimum Gasteiger partial charge on any atom is -0.459 e. The summed E-state index contributed by atoms with van der Waals surface area (Å²) < 4.78 is 18.1. The molecule has 2 aliphatic heterocycles. The fraction of sp³-hybridized carbons (Fsp3) is 0.771. The smallest absolute Gasteiger partial charge is 0.311 e. The zero-order valence-electron chi connectivity index (χ0n) is 29.2. The van der Waals surface area contributed by atoms with Crippen molar-refractivity contribution >= 4 is 11.9 Å². The van der Waals surface area contributed by atoms with Gasteiger partial charge in [-0.3, -0.25) is 9.59 Å². The third-order valence-corrected chi connectivity index (χ3v) is 10.5. The Bertz CT molecular complexity index is 1180. The Morgan fingerprint density at radius 1 is 0.957 bits per heavy atom. The number of hydrogen-bond acceptors (Lipinski definition) is 11. The van der Waals surface area contributed by atoms with E-state index in [4.69, 9.17) is 14.2 Å². The largest absolute Gasteiger partial charge is 0.459 e. The highest BCUT2D eigenvalue weighted by Crippen LogP contribution is 2.38. The lowest BCUT2D eigenvalue weighted by Gasteiger charge is -2.47. The van der Waals surface area contributed by atoms with Crippen LogP contribution >= 0.6 is 0 Å². The topological polar surface area (TPSA) is 186 Å². The molecular formula is C35H57NO11. The van der Waals surface area contributed by atoms with Gasteiger partial charge < -0.3 is 49.7 Å². The van der Waals surface area contributed by atoms with E-state index < -0.39 is 95.9 Å². The molecule has 0 radical (unpaired) electrons. The lowest BCUT2D eigenvalue weighted by atomic mass is 9.73. The Morgan fingerprint density at radius 2 is 1.55 bits per heavy atom. The molecule has 0 spiro atoms. The Kier molecular flexibility index (Phi) is 13.0. The lowest BCUT2D eigenvalue weighted by Crippen LogP contribution is -2.61. The molecule has 2 saturated heterocycles. The minimum absolute atomic E-state index is 0.0840. The van der Waals surface area contributed by atoms with Crippen LogP contribution in [-0.2, 0) is 19.0 Å². The molecule has 6 N–H and O–H groups in total. The number of carbonyl (C=O) groups is 2. The zero-order chi connectivity index (χ0) is 35.6. The molecule has 15 atom stereocenters. The van der Waals surface area contributed by atoms with Gasteiger partial charge in [0, 0.05) is 24.4 Å². The van der Waals surface area contributed by atoms with Crippen molar-refractivity contribution in [2.75, 3.05) is 7.05 Å². The number of cyclic esters (lactones) is 1. The van der Waals surface area contributed by atoms with Gasteiger partial charge in [0.05, 0.1) is 48.1 Å². The number of aliphatic hydroxyl groups excluding tert-OH is 4. The highest BCUT2D eigenvalue weighted by atomic mass is 16.7. The summed E-state index contributed by atoms with van der Waals surface area (Å²) in [7, 11) is 1.59. The van der Waals surface area contributed by atoms with Gasteiger partial charge in [-0.2, -0.15) is 0 Å². The Balaban J connectivity index is 1.99. The Hall–Kier alpha value is -2.16. The Labute approximate surface area is 278 Å². The SMILES string of the molecule is CC[C@H]1OC(=O)[C@H](C)[C@@H](O)[C@H](C)[C@@H](O[C@@H]2O[C@H](C)C[C@H](N(C)C(=O)c3ccccc3)[C@H]2O)C(C)(O)C[C@@H](C)[C@H](O)[C@H](C)[C@@H](O)[C@]1(C)O. The molecule has 12 heteroatoms. The van der Waals surface area contributed by atoms with Crippen molar-refractivity contribution in [2.45, 2.75) is 141 Å². The van der Waals surface area contributed by atoms with E-state index in [0.717, 1.165) is 0 Å². The van der Waals surface area contributed by atoms with E-state index in [1.54, 1.807) is 72.0 Å². The number of nitrogens with zero attached hydrogens (tertiary/aromatic N) is 1. The molecule has 2 aliphatic rings. The van der Waals surface area contributed by atoms with E-state index in [1.165, 1.54) is 25.7 Å². The number of esters is 1. The molecule has 268 valence electrons. The maximum atomic E-state index is 13.3. The summed E-state index contributed by atoms with van der Waals surface area (Å²) in [6, 6.07) is 7.95. The molecule has 1 unspecified atom stereocenters. The Morgan fingerprint density at radius 3 is 2.13 bits per heavy atom. The van der Waals surface area contributed by atoms with Crippen LogP contribution in [0.2, 0.25) is 0 Å². The van der Waals surface area contributed by atoms with Crippen LogP contribution in [0.4, 0.5) is 0 Å². The van der Waals surface area contributed by atoms with Gasteiger partial charge in [0.1, 0.15) is 17.8 Å². The van der Waals surface area contributed by atoms with Crippen LogP contribution in [0.25, 0.3) is 0 Å². The van der Waals surface area contributed by atoms with Crippen LogP contribution in [0.3, 0.4) is 0 Å². The lowest BCUT2D eigenvalue weighted by molar-refractivity contribution is -0.299. The van der Waals surface area contributed by atoms with Gasteiger partial charge in [0.25, 0.3) is 5.91 Å². The third kappa shape index (κ3) is 8.53. The van der Waals surface area contributed by atoms with E-state index in [2.05, 4.69) is 0 Å². The molecular weight excluding hydrogens is 610 g/mol. The summed E-state index contributed by atoms with van der Waals surface area (Å²) >= 11 is 0. The van der Waals surface area contributed by atoms with Crippen molar-refractivity contribution in [1.29, 1.82) is 0 Å².